The lowest BCUT2D eigenvalue weighted by Gasteiger charge is -2.38. The molecule has 5 heteroatoms. The molecule has 4 nitrogen and oxygen atoms in total. The number of halogens is 1. The lowest BCUT2D eigenvalue weighted by molar-refractivity contribution is 0.0205. The van der Waals surface area contributed by atoms with E-state index in [1.165, 1.54) is 23.5 Å². The zero-order chi connectivity index (χ0) is 14.8. The summed E-state index contributed by atoms with van der Waals surface area (Å²) in [5.74, 6) is 0.126. The minimum atomic E-state index is -0.421. The summed E-state index contributed by atoms with van der Waals surface area (Å²) in [4.78, 5) is 10.2. The first-order valence-electron chi connectivity index (χ1n) is 7.06. The molecule has 0 spiro atoms. The van der Waals surface area contributed by atoms with E-state index in [1.807, 2.05) is 12.1 Å². The molecule has 0 unspecified atom stereocenters. The zero-order valence-corrected chi connectivity index (χ0v) is 12.2. The van der Waals surface area contributed by atoms with E-state index < -0.39 is 5.82 Å². The lowest BCUT2D eigenvalue weighted by atomic mass is 10.0. The van der Waals surface area contributed by atoms with Gasteiger partial charge in [0.2, 0.25) is 5.95 Å². The molecule has 2 aromatic rings. The topological polar surface area (TPSA) is 38.2 Å². The van der Waals surface area contributed by atoms with Gasteiger partial charge in [-0.1, -0.05) is 24.3 Å². The monoisotopic (exact) mass is 287 g/mol. The maximum atomic E-state index is 13.0. The SMILES string of the molecule is Cc1ccccc1[C@@H]1CN(c2ncc(F)cn2)[C@@H](C)CO1. The van der Waals surface area contributed by atoms with E-state index in [9.17, 15) is 4.39 Å². The third-order valence-corrected chi connectivity index (χ3v) is 3.83. The summed E-state index contributed by atoms with van der Waals surface area (Å²) in [5, 5.41) is 0. The molecule has 0 radical (unpaired) electrons. The Morgan fingerprint density at radius 3 is 2.67 bits per heavy atom. The maximum absolute atomic E-state index is 13.0. The number of morpholine rings is 1. The van der Waals surface area contributed by atoms with E-state index in [1.54, 1.807) is 0 Å². The van der Waals surface area contributed by atoms with Crippen LogP contribution in [0.3, 0.4) is 0 Å². The molecule has 1 fully saturated rings. The normalized spacial score (nSPS) is 22.3. The number of nitrogens with zero attached hydrogens (tertiary/aromatic N) is 3. The summed E-state index contributed by atoms with van der Waals surface area (Å²) in [7, 11) is 0. The Morgan fingerprint density at radius 1 is 1.24 bits per heavy atom. The van der Waals surface area contributed by atoms with E-state index in [2.05, 4.69) is 40.8 Å². The highest BCUT2D eigenvalue weighted by atomic mass is 19.1. The minimum Gasteiger partial charge on any atom is -0.370 e. The van der Waals surface area contributed by atoms with E-state index in [0.29, 0.717) is 19.1 Å². The largest absolute Gasteiger partial charge is 0.370 e. The number of aromatic nitrogens is 2. The van der Waals surface area contributed by atoms with Crippen molar-refractivity contribution in [3.8, 4) is 0 Å². The number of aryl methyl sites for hydroxylation is 1. The summed E-state index contributed by atoms with van der Waals surface area (Å²) in [6.45, 7) is 5.40. The van der Waals surface area contributed by atoms with Crippen molar-refractivity contribution < 1.29 is 9.13 Å². The van der Waals surface area contributed by atoms with Crippen LogP contribution in [0, 0.1) is 12.7 Å². The molecular weight excluding hydrogens is 269 g/mol. The van der Waals surface area contributed by atoms with Crippen LogP contribution in [0.25, 0.3) is 0 Å². The first-order valence-corrected chi connectivity index (χ1v) is 7.06. The molecule has 0 bridgehead atoms. The van der Waals surface area contributed by atoms with Crippen LogP contribution in [0.4, 0.5) is 10.3 Å². The van der Waals surface area contributed by atoms with E-state index >= 15 is 0 Å². The van der Waals surface area contributed by atoms with Crippen molar-refractivity contribution >= 4 is 5.95 Å². The fraction of sp³-hybridized carbons (Fsp3) is 0.375. The van der Waals surface area contributed by atoms with Gasteiger partial charge in [0, 0.05) is 0 Å². The molecule has 1 aromatic carbocycles. The van der Waals surface area contributed by atoms with Crippen molar-refractivity contribution in [2.45, 2.75) is 26.0 Å². The first-order chi connectivity index (χ1) is 10.1. The Labute approximate surface area is 123 Å². The Kier molecular flexibility index (Phi) is 3.84. The standard InChI is InChI=1S/C16H18FN3O/c1-11-5-3-4-6-14(11)15-9-20(12(2)10-21-15)16-18-7-13(17)8-19-16/h3-8,12,15H,9-10H2,1-2H3/t12-,15-/m0/s1. The fourth-order valence-electron chi connectivity index (χ4n) is 2.63. The Hall–Kier alpha value is -2.01. The second kappa shape index (κ2) is 5.77. The van der Waals surface area contributed by atoms with Crippen molar-refractivity contribution in [2.24, 2.45) is 0 Å². The summed E-state index contributed by atoms with van der Waals surface area (Å²) < 4.78 is 18.9. The number of hydrogen-bond donors (Lipinski definition) is 0. The predicted octanol–water partition coefficient (Wildman–Crippen LogP) is 2.89. The number of anilines is 1. The van der Waals surface area contributed by atoms with Crippen LogP contribution in [0.1, 0.15) is 24.2 Å². The van der Waals surface area contributed by atoms with Crippen LogP contribution >= 0.6 is 0 Å². The third-order valence-electron chi connectivity index (χ3n) is 3.83. The Balaban J connectivity index is 1.85. The molecule has 2 atom stereocenters. The minimum absolute atomic E-state index is 0.0175. The van der Waals surface area contributed by atoms with Gasteiger partial charge in [-0.15, -0.1) is 0 Å². The molecule has 2 heterocycles. The van der Waals surface area contributed by atoms with Crippen LogP contribution in [-0.2, 0) is 4.74 Å². The molecule has 0 saturated carbocycles. The molecule has 1 saturated heterocycles. The molecular formula is C16H18FN3O. The highest BCUT2D eigenvalue weighted by molar-refractivity contribution is 5.35. The number of benzene rings is 1. The summed E-state index contributed by atoms with van der Waals surface area (Å²) in [6, 6.07) is 8.36. The average molecular weight is 287 g/mol. The third kappa shape index (κ3) is 2.88. The molecule has 1 aliphatic heterocycles. The van der Waals surface area contributed by atoms with Crippen LogP contribution in [0.15, 0.2) is 36.7 Å². The zero-order valence-electron chi connectivity index (χ0n) is 12.2. The first kappa shape index (κ1) is 13.9. The molecule has 1 aliphatic rings. The van der Waals surface area contributed by atoms with Gasteiger partial charge < -0.3 is 9.64 Å². The molecule has 0 amide bonds. The van der Waals surface area contributed by atoms with Gasteiger partial charge in [0.15, 0.2) is 5.82 Å². The molecule has 1 aromatic heterocycles. The quantitative estimate of drug-likeness (QED) is 0.851. The van der Waals surface area contributed by atoms with Crippen molar-refractivity contribution in [3.63, 3.8) is 0 Å². The number of hydrogen-bond acceptors (Lipinski definition) is 4. The van der Waals surface area contributed by atoms with Crippen LogP contribution in [0.2, 0.25) is 0 Å². The lowest BCUT2D eigenvalue weighted by Crippen LogP contribution is -2.46. The van der Waals surface area contributed by atoms with Gasteiger partial charge in [0.25, 0.3) is 0 Å². The summed E-state index contributed by atoms with van der Waals surface area (Å²) in [6.07, 6.45) is 2.39. The second-order valence-electron chi connectivity index (χ2n) is 5.38. The Morgan fingerprint density at radius 2 is 1.95 bits per heavy atom. The van der Waals surface area contributed by atoms with E-state index in [4.69, 9.17) is 4.74 Å². The predicted molar refractivity (Wildman–Crippen MR) is 78.7 cm³/mol. The number of ether oxygens (including phenoxy) is 1. The molecule has 110 valence electrons. The van der Waals surface area contributed by atoms with E-state index in [-0.39, 0.29) is 12.1 Å². The van der Waals surface area contributed by atoms with Gasteiger partial charge >= 0.3 is 0 Å². The van der Waals surface area contributed by atoms with Crippen molar-refractivity contribution in [1.29, 1.82) is 0 Å². The maximum Gasteiger partial charge on any atom is 0.225 e. The summed E-state index contributed by atoms with van der Waals surface area (Å²) in [5.41, 5.74) is 2.38. The van der Waals surface area contributed by atoms with Gasteiger partial charge in [-0.2, -0.15) is 0 Å². The van der Waals surface area contributed by atoms with Gasteiger partial charge in [-0.05, 0) is 25.0 Å². The van der Waals surface area contributed by atoms with Crippen LogP contribution in [-0.4, -0.2) is 29.2 Å². The van der Waals surface area contributed by atoms with Crippen molar-refractivity contribution in [1.82, 2.24) is 9.97 Å². The Bertz CT molecular complexity index is 617. The van der Waals surface area contributed by atoms with Gasteiger partial charge in [-0.3, -0.25) is 0 Å². The van der Waals surface area contributed by atoms with Gasteiger partial charge in [-0.25, -0.2) is 14.4 Å². The van der Waals surface area contributed by atoms with Crippen molar-refractivity contribution in [2.75, 3.05) is 18.1 Å². The van der Waals surface area contributed by atoms with Crippen LogP contribution < -0.4 is 4.90 Å². The fourth-order valence-corrected chi connectivity index (χ4v) is 2.63. The average Bonchev–Trinajstić information content (AvgIpc) is 2.50. The second-order valence-corrected chi connectivity index (χ2v) is 5.38. The molecule has 0 aliphatic carbocycles. The smallest absolute Gasteiger partial charge is 0.225 e. The van der Waals surface area contributed by atoms with E-state index in [0.717, 1.165) is 0 Å². The van der Waals surface area contributed by atoms with Gasteiger partial charge in [0.05, 0.1) is 31.6 Å². The highest BCUT2D eigenvalue weighted by Crippen LogP contribution is 2.28. The molecule has 3 rings (SSSR count). The molecule has 0 N–H and O–H groups in total. The van der Waals surface area contributed by atoms with Gasteiger partial charge in [0.1, 0.15) is 6.10 Å². The van der Waals surface area contributed by atoms with Crippen molar-refractivity contribution in [3.05, 3.63) is 53.6 Å². The highest BCUT2D eigenvalue weighted by Gasteiger charge is 2.29. The number of rotatable bonds is 2. The summed E-state index contributed by atoms with van der Waals surface area (Å²) >= 11 is 0. The van der Waals surface area contributed by atoms with Crippen LogP contribution in [0.5, 0.6) is 0 Å². The molecule has 21 heavy (non-hydrogen) atoms.